The first-order valence-corrected chi connectivity index (χ1v) is 7.49. The standard InChI is InChI=1S/C16H16BrNO/c17-15-7-6-12-8-14(5-4-13(12)9-15)16(19)18-10-11-2-1-3-11/h4-9,11H,1-3,10H2,(H,18,19). The van der Waals surface area contributed by atoms with Crippen LogP contribution in [-0.4, -0.2) is 12.5 Å². The Balaban J connectivity index is 1.76. The minimum Gasteiger partial charge on any atom is -0.352 e. The van der Waals surface area contributed by atoms with E-state index in [-0.39, 0.29) is 5.91 Å². The van der Waals surface area contributed by atoms with Gasteiger partial charge in [0.25, 0.3) is 5.91 Å². The van der Waals surface area contributed by atoms with Crippen molar-refractivity contribution < 1.29 is 4.79 Å². The molecule has 3 heteroatoms. The first-order valence-electron chi connectivity index (χ1n) is 6.70. The molecule has 3 rings (SSSR count). The molecule has 1 fully saturated rings. The molecule has 98 valence electrons. The second kappa shape index (κ2) is 5.33. The number of amides is 1. The van der Waals surface area contributed by atoms with Gasteiger partial charge in [-0.25, -0.2) is 0 Å². The van der Waals surface area contributed by atoms with Crippen LogP contribution in [0.15, 0.2) is 40.9 Å². The van der Waals surface area contributed by atoms with Crippen LogP contribution in [-0.2, 0) is 0 Å². The second-order valence-electron chi connectivity index (χ2n) is 5.21. The van der Waals surface area contributed by atoms with Crippen LogP contribution in [0.25, 0.3) is 10.8 Å². The van der Waals surface area contributed by atoms with E-state index in [0.717, 1.165) is 27.4 Å². The number of hydrogen-bond acceptors (Lipinski definition) is 1. The van der Waals surface area contributed by atoms with Gasteiger partial charge in [0.05, 0.1) is 0 Å². The molecule has 0 radical (unpaired) electrons. The fourth-order valence-corrected chi connectivity index (χ4v) is 2.77. The molecule has 2 aromatic rings. The van der Waals surface area contributed by atoms with Gasteiger partial charge in [-0.1, -0.05) is 34.5 Å². The summed E-state index contributed by atoms with van der Waals surface area (Å²) in [5.74, 6) is 0.733. The summed E-state index contributed by atoms with van der Waals surface area (Å²) in [5.41, 5.74) is 0.745. The SMILES string of the molecule is O=C(NCC1CCC1)c1ccc2cc(Br)ccc2c1. The van der Waals surface area contributed by atoms with Crippen LogP contribution < -0.4 is 5.32 Å². The summed E-state index contributed by atoms with van der Waals surface area (Å²) in [6.07, 6.45) is 3.82. The van der Waals surface area contributed by atoms with E-state index in [9.17, 15) is 4.79 Å². The van der Waals surface area contributed by atoms with E-state index < -0.39 is 0 Å². The molecule has 1 N–H and O–H groups in total. The number of nitrogens with one attached hydrogen (secondary N) is 1. The van der Waals surface area contributed by atoms with Crippen molar-refractivity contribution in [3.63, 3.8) is 0 Å². The van der Waals surface area contributed by atoms with Gasteiger partial charge in [-0.2, -0.15) is 0 Å². The Kier molecular flexibility index (Phi) is 3.56. The molecule has 2 nitrogen and oxygen atoms in total. The fraction of sp³-hybridized carbons (Fsp3) is 0.312. The van der Waals surface area contributed by atoms with Crippen molar-refractivity contribution in [1.29, 1.82) is 0 Å². The number of halogens is 1. The Morgan fingerprint density at radius 3 is 2.63 bits per heavy atom. The first-order chi connectivity index (χ1) is 9.22. The second-order valence-corrected chi connectivity index (χ2v) is 6.13. The normalized spacial score (nSPS) is 15.2. The summed E-state index contributed by atoms with van der Waals surface area (Å²) in [7, 11) is 0. The molecule has 0 bridgehead atoms. The predicted octanol–water partition coefficient (Wildman–Crippen LogP) is 4.13. The Morgan fingerprint density at radius 2 is 1.89 bits per heavy atom. The molecule has 1 amide bonds. The molecule has 0 spiro atoms. The Hall–Kier alpha value is -1.35. The Morgan fingerprint density at radius 1 is 1.16 bits per heavy atom. The fourth-order valence-electron chi connectivity index (χ4n) is 2.39. The minimum absolute atomic E-state index is 0.0386. The lowest BCUT2D eigenvalue weighted by molar-refractivity contribution is 0.0939. The van der Waals surface area contributed by atoms with Crippen LogP contribution in [0.5, 0.6) is 0 Å². The number of rotatable bonds is 3. The molecule has 0 aromatic heterocycles. The highest BCUT2D eigenvalue weighted by Crippen LogP contribution is 2.25. The number of carbonyl (C=O) groups excluding carboxylic acids is 1. The van der Waals surface area contributed by atoms with E-state index in [2.05, 4.69) is 27.3 Å². The highest BCUT2D eigenvalue weighted by atomic mass is 79.9. The largest absolute Gasteiger partial charge is 0.352 e. The lowest BCUT2D eigenvalue weighted by Gasteiger charge is -2.25. The molecule has 0 atom stereocenters. The van der Waals surface area contributed by atoms with E-state index in [0.29, 0.717) is 5.92 Å². The zero-order chi connectivity index (χ0) is 13.2. The van der Waals surface area contributed by atoms with E-state index in [1.807, 2.05) is 30.3 Å². The maximum atomic E-state index is 12.1. The minimum atomic E-state index is 0.0386. The van der Waals surface area contributed by atoms with Crippen LogP contribution in [0.1, 0.15) is 29.6 Å². The molecule has 0 saturated heterocycles. The summed E-state index contributed by atoms with van der Waals surface area (Å²) in [5, 5.41) is 5.27. The van der Waals surface area contributed by atoms with Gasteiger partial charge < -0.3 is 5.32 Å². The van der Waals surface area contributed by atoms with E-state index >= 15 is 0 Å². The zero-order valence-electron chi connectivity index (χ0n) is 10.7. The average Bonchev–Trinajstić information content (AvgIpc) is 2.36. The van der Waals surface area contributed by atoms with Crippen LogP contribution >= 0.6 is 15.9 Å². The summed E-state index contributed by atoms with van der Waals surface area (Å²) >= 11 is 3.46. The van der Waals surface area contributed by atoms with Gasteiger partial charge >= 0.3 is 0 Å². The first kappa shape index (κ1) is 12.7. The quantitative estimate of drug-likeness (QED) is 0.906. The van der Waals surface area contributed by atoms with Gasteiger partial charge in [0.15, 0.2) is 0 Å². The van der Waals surface area contributed by atoms with Gasteiger partial charge in [0.2, 0.25) is 0 Å². The van der Waals surface area contributed by atoms with Crippen molar-refractivity contribution in [2.24, 2.45) is 5.92 Å². The summed E-state index contributed by atoms with van der Waals surface area (Å²) in [4.78, 5) is 12.1. The molecule has 1 saturated carbocycles. The smallest absolute Gasteiger partial charge is 0.251 e. The summed E-state index contributed by atoms with van der Waals surface area (Å²) in [6.45, 7) is 0.817. The van der Waals surface area contributed by atoms with Gasteiger partial charge in [-0.3, -0.25) is 4.79 Å². The third-order valence-electron chi connectivity index (χ3n) is 3.84. The third-order valence-corrected chi connectivity index (χ3v) is 4.33. The van der Waals surface area contributed by atoms with E-state index in [1.165, 1.54) is 19.3 Å². The molecule has 0 heterocycles. The third kappa shape index (κ3) is 2.81. The van der Waals surface area contributed by atoms with Crippen LogP contribution in [0, 0.1) is 5.92 Å². The summed E-state index contributed by atoms with van der Waals surface area (Å²) in [6, 6.07) is 11.9. The zero-order valence-corrected chi connectivity index (χ0v) is 12.2. The molecule has 0 aliphatic heterocycles. The summed E-state index contributed by atoms with van der Waals surface area (Å²) < 4.78 is 1.06. The lowest BCUT2D eigenvalue weighted by Crippen LogP contribution is -2.32. The topological polar surface area (TPSA) is 29.1 Å². The molecule has 1 aliphatic carbocycles. The van der Waals surface area contributed by atoms with Crippen LogP contribution in [0.2, 0.25) is 0 Å². The maximum Gasteiger partial charge on any atom is 0.251 e. The van der Waals surface area contributed by atoms with Gasteiger partial charge in [-0.05, 0) is 53.8 Å². The number of benzene rings is 2. The molecular weight excluding hydrogens is 302 g/mol. The number of hydrogen-bond donors (Lipinski definition) is 1. The Bertz CT molecular complexity index is 619. The van der Waals surface area contributed by atoms with Crippen molar-refractivity contribution in [1.82, 2.24) is 5.32 Å². The number of carbonyl (C=O) groups is 1. The number of fused-ring (bicyclic) bond motifs is 1. The van der Waals surface area contributed by atoms with Crippen LogP contribution in [0.4, 0.5) is 0 Å². The van der Waals surface area contributed by atoms with Gasteiger partial charge in [0, 0.05) is 16.6 Å². The highest BCUT2D eigenvalue weighted by Gasteiger charge is 2.18. The maximum absolute atomic E-state index is 12.1. The van der Waals surface area contributed by atoms with Crippen molar-refractivity contribution in [3.8, 4) is 0 Å². The van der Waals surface area contributed by atoms with E-state index in [4.69, 9.17) is 0 Å². The highest BCUT2D eigenvalue weighted by molar-refractivity contribution is 9.10. The Labute approximate surface area is 121 Å². The lowest BCUT2D eigenvalue weighted by atomic mass is 9.85. The monoisotopic (exact) mass is 317 g/mol. The molecule has 1 aliphatic rings. The van der Waals surface area contributed by atoms with Gasteiger partial charge in [0.1, 0.15) is 0 Å². The average molecular weight is 318 g/mol. The molecule has 19 heavy (non-hydrogen) atoms. The van der Waals surface area contributed by atoms with Crippen molar-refractivity contribution >= 4 is 32.6 Å². The van der Waals surface area contributed by atoms with E-state index in [1.54, 1.807) is 0 Å². The predicted molar refractivity (Wildman–Crippen MR) is 81.3 cm³/mol. The van der Waals surface area contributed by atoms with Crippen molar-refractivity contribution in [3.05, 3.63) is 46.4 Å². The van der Waals surface area contributed by atoms with Crippen LogP contribution in [0.3, 0.4) is 0 Å². The van der Waals surface area contributed by atoms with Gasteiger partial charge in [-0.15, -0.1) is 0 Å². The molecular formula is C16H16BrNO. The van der Waals surface area contributed by atoms with Crippen molar-refractivity contribution in [2.75, 3.05) is 6.54 Å². The molecule has 0 unspecified atom stereocenters. The molecule has 2 aromatic carbocycles. The van der Waals surface area contributed by atoms with Crippen molar-refractivity contribution in [2.45, 2.75) is 19.3 Å².